The van der Waals surface area contributed by atoms with Crippen molar-refractivity contribution in [2.45, 2.75) is 46.6 Å². The minimum absolute atomic E-state index is 0.301. The molecule has 2 N–H and O–H groups in total. The first-order valence-corrected chi connectivity index (χ1v) is 5.33. The summed E-state index contributed by atoms with van der Waals surface area (Å²) in [5.41, 5.74) is 11.4. The molecule has 0 fully saturated rings. The third kappa shape index (κ3) is 2.85. The summed E-state index contributed by atoms with van der Waals surface area (Å²) in [4.78, 5) is 0. The van der Waals surface area contributed by atoms with Crippen LogP contribution in [0.15, 0.2) is 12.1 Å². The molecule has 0 spiro atoms. The summed E-state index contributed by atoms with van der Waals surface area (Å²) in [5, 5.41) is 0. The zero-order valence-corrected chi connectivity index (χ0v) is 9.72. The van der Waals surface area contributed by atoms with Crippen LogP contribution in [0, 0.1) is 20.8 Å². The number of nitrogens with two attached hydrogens (primary N) is 1. The first-order valence-electron chi connectivity index (χ1n) is 5.33. The Morgan fingerprint density at radius 3 is 2.07 bits per heavy atom. The van der Waals surface area contributed by atoms with Gasteiger partial charge in [0.25, 0.3) is 0 Å². The third-order valence-electron chi connectivity index (χ3n) is 2.69. The van der Waals surface area contributed by atoms with Gasteiger partial charge in [-0.2, -0.15) is 0 Å². The molecule has 0 aliphatic carbocycles. The first kappa shape index (κ1) is 11.3. The van der Waals surface area contributed by atoms with Crippen molar-refractivity contribution in [1.29, 1.82) is 0 Å². The number of aryl methyl sites for hydroxylation is 3. The van der Waals surface area contributed by atoms with Crippen LogP contribution in [0.5, 0.6) is 0 Å². The van der Waals surface area contributed by atoms with E-state index in [1.165, 1.54) is 22.3 Å². The number of hydrogen-bond acceptors (Lipinski definition) is 1. The summed E-state index contributed by atoms with van der Waals surface area (Å²) >= 11 is 0. The molecule has 0 aromatic heterocycles. The maximum Gasteiger partial charge on any atom is 0.00136 e. The summed E-state index contributed by atoms with van der Waals surface area (Å²) in [6.45, 7) is 8.60. The van der Waals surface area contributed by atoms with Gasteiger partial charge in [0.05, 0.1) is 0 Å². The van der Waals surface area contributed by atoms with E-state index in [1.807, 2.05) is 0 Å². The standard InChI is InChI=1S/C13H21N/c1-9-7-10(2)13(11(3)8-9)6-5-12(4)14/h7-8,12H,5-6,14H2,1-4H3. The Morgan fingerprint density at radius 1 is 1.14 bits per heavy atom. The van der Waals surface area contributed by atoms with Crippen LogP contribution in [0.2, 0.25) is 0 Å². The maximum absolute atomic E-state index is 5.77. The Labute approximate surface area is 87.3 Å². The molecule has 1 rings (SSSR count). The zero-order chi connectivity index (χ0) is 10.7. The summed E-state index contributed by atoms with van der Waals surface area (Å²) in [6, 6.07) is 4.81. The van der Waals surface area contributed by atoms with E-state index >= 15 is 0 Å². The monoisotopic (exact) mass is 191 g/mol. The van der Waals surface area contributed by atoms with E-state index in [4.69, 9.17) is 5.73 Å². The Kier molecular flexibility index (Phi) is 3.70. The molecular weight excluding hydrogens is 170 g/mol. The van der Waals surface area contributed by atoms with Gasteiger partial charge in [-0.15, -0.1) is 0 Å². The molecule has 1 aromatic carbocycles. The van der Waals surface area contributed by atoms with E-state index in [-0.39, 0.29) is 0 Å². The van der Waals surface area contributed by atoms with Crippen LogP contribution in [-0.4, -0.2) is 6.04 Å². The van der Waals surface area contributed by atoms with Crippen LogP contribution < -0.4 is 5.73 Å². The number of benzene rings is 1. The van der Waals surface area contributed by atoms with Gasteiger partial charge in [-0.1, -0.05) is 17.7 Å². The second kappa shape index (κ2) is 4.61. The second-order valence-corrected chi connectivity index (χ2v) is 4.39. The van der Waals surface area contributed by atoms with Gasteiger partial charge in [-0.3, -0.25) is 0 Å². The van der Waals surface area contributed by atoms with E-state index in [2.05, 4.69) is 39.8 Å². The van der Waals surface area contributed by atoms with E-state index in [0.29, 0.717) is 6.04 Å². The van der Waals surface area contributed by atoms with Gasteiger partial charge in [0.2, 0.25) is 0 Å². The number of hydrogen-bond donors (Lipinski definition) is 1. The van der Waals surface area contributed by atoms with Crippen molar-refractivity contribution in [1.82, 2.24) is 0 Å². The van der Waals surface area contributed by atoms with Crippen molar-refractivity contribution in [2.75, 3.05) is 0 Å². The summed E-state index contributed by atoms with van der Waals surface area (Å²) < 4.78 is 0. The highest BCUT2D eigenvalue weighted by Gasteiger charge is 2.04. The lowest BCUT2D eigenvalue weighted by atomic mass is 9.95. The minimum Gasteiger partial charge on any atom is -0.328 e. The Morgan fingerprint density at radius 2 is 1.64 bits per heavy atom. The molecular formula is C13H21N. The molecule has 0 saturated carbocycles. The fourth-order valence-corrected chi connectivity index (χ4v) is 1.98. The van der Waals surface area contributed by atoms with Crippen molar-refractivity contribution in [3.8, 4) is 0 Å². The molecule has 14 heavy (non-hydrogen) atoms. The molecule has 1 nitrogen and oxygen atoms in total. The van der Waals surface area contributed by atoms with E-state index in [0.717, 1.165) is 12.8 Å². The molecule has 1 atom stereocenters. The van der Waals surface area contributed by atoms with Crippen molar-refractivity contribution in [3.63, 3.8) is 0 Å². The molecule has 1 unspecified atom stereocenters. The highest BCUT2D eigenvalue weighted by molar-refractivity contribution is 5.37. The van der Waals surface area contributed by atoms with E-state index < -0.39 is 0 Å². The molecule has 0 amide bonds. The van der Waals surface area contributed by atoms with Crippen molar-refractivity contribution < 1.29 is 0 Å². The molecule has 0 aliphatic heterocycles. The molecule has 78 valence electrons. The third-order valence-corrected chi connectivity index (χ3v) is 2.69. The largest absolute Gasteiger partial charge is 0.328 e. The topological polar surface area (TPSA) is 26.0 Å². The Bertz CT molecular complexity index is 290. The van der Waals surface area contributed by atoms with Crippen molar-refractivity contribution in [3.05, 3.63) is 34.4 Å². The smallest absolute Gasteiger partial charge is 0.00136 e. The van der Waals surface area contributed by atoms with Gasteiger partial charge >= 0.3 is 0 Å². The molecule has 0 radical (unpaired) electrons. The molecule has 0 aliphatic rings. The van der Waals surface area contributed by atoms with Gasteiger partial charge in [-0.25, -0.2) is 0 Å². The fraction of sp³-hybridized carbons (Fsp3) is 0.538. The van der Waals surface area contributed by atoms with Crippen LogP contribution in [0.25, 0.3) is 0 Å². The van der Waals surface area contributed by atoms with Crippen LogP contribution >= 0.6 is 0 Å². The quantitative estimate of drug-likeness (QED) is 0.781. The van der Waals surface area contributed by atoms with Crippen molar-refractivity contribution >= 4 is 0 Å². The summed E-state index contributed by atoms with van der Waals surface area (Å²) in [5.74, 6) is 0. The molecule has 1 heteroatoms. The Balaban J connectivity index is 2.86. The predicted octanol–water partition coefficient (Wildman–Crippen LogP) is 2.89. The van der Waals surface area contributed by atoms with Gasteiger partial charge in [-0.05, 0) is 57.2 Å². The van der Waals surface area contributed by atoms with Gasteiger partial charge in [0, 0.05) is 6.04 Å². The molecule has 1 aromatic rings. The lowest BCUT2D eigenvalue weighted by Crippen LogP contribution is -2.16. The molecule has 0 saturated heterocycles. The van der Waals surface area contributed by atoms with Crippen LogP contribution in [-0.2, 0) is 6.42 Å². The van der Waals surface area contributed by atoms with Gasteiger partial charge in [0.1, 0.15) is 0 Å². The van der Waals surface area contributed by atoms with Crippen molar-refractivity contribution in [2.24, 2.45) is 5.73 Å². The highest BCUT2D eigenvalue weighted by Crippen LogP contribution is 2.18. The molecule has 0 bridgehead atoms. The van der Waals surface area contributed by atoms with E-state index in [9.17, 15) is 0 Å². The van der Waals surface area contributed by atoms with Gasteiger partial charge < -0.3 is 5.73 Å². The van der Waals surface area contributed by atoms with Crippen LogP contribution in [0.4, 0.5) is 0 Å². The molecule has 0 heterocycles. The lowest BCUT2D eigenvalue weighted by molar-refractivity contribution is 0.663. The Hall–Kier alpha value is -0.820. The zero-order valence-electron chi connectivity index (χ0n) is 9.72. The van der Waals surface area contributed by atoms with E-state index in [1.54, 1.807) is 0 Å². The summed E-state index contributed by atoms with van der Waals surface area (Å²) in [7, 11) is 0. The maximum atomic E-state index is 5.77. The van der Waals surface area contributed by atoms with Gasteiger partial charge in [0.15, 0.2) is 0 Å². The minimum atomic E-state index is 0.301. The first-order chi connectivity index (χ1) is 6.50. The normalized spacial score (nSPS) is 12.9. The predicted molar refractivity (Wildman–Crippen MR) is 62.6 cm³/mol. The average Bonchev–Trinajstić information content (AvgIpc) is 2.01. The number of rotatable bonds is 3. The SMILES string of the molecule is Cc1cc(C)c(CCC(C)N)c(C)c1. The average molecular weight is 191 g/mol. The highest BCUT2D eigenvalue weighted by atomic mass is 14.6. The fourth-order valence-electron chi connectivity index (χ4n) is 1.98. The summed E-state index contributed by atoms with van der Waals surface area (Å²) in [6.07, 6.45) is 2.18. The van der Waals surface area contributed by atoms with Crippen LogP contribution in [0.3, 0.4) is 0 Å². The lowest BCUT2D eigenvalue weighted by Gasteiger charge is -2.12. The second-order valence-electron chi connectivity index (χ2n) is 4.39. The van der Waals surface area contributed by atoms with Crippen LogP contribution in [0.1, 0.15) is 35.6 Å².